The molecule has 1 atom stereocenters. The molecule has 18 heavy (non-hydrogen) atoms. The number of hydrogen-bond donors (Lipinski definition) is 1. The Labute approximate surface area is 111 Å². The van der Waals surface area contributed by atoms with Gasteiger partial charge in [0.25, 0.3) is 0 Å². The molecule has 98 valence electrons. The van der Waals surface area contributed by atoms with Gasteiger partial charge in [0.15, 0.2) is 0 Å². The minimum absolute atomic E-state index is 0.325. The number of carbonyl (C=O) groups excluding carboxylic acids is 1. The highest BCUT2D eigenvalue weighted by atomic mass is 35.5. The molecule has 1 saturated carbocycles. The van der Waals surface area contributed by atoms with Gasteiger partial charge in [-0.15, -0.1) is 0 Å². The van der Waals surface area contributed by atoms with Gasteiger partial charge in [-0.25, -0.2) is 4.79 Å². The van der Waals surface area contributed by atoms with Crippen molar-refractivity contribution < 1.29 is 14.3 Å². The molecule has 5 heteroatoms. The van der Waals surface area contributed by atoms with E-state index < -0.39 is 6.04 Å². The van der Waals surface area contributed by atoms with Gasteiger partial charge < -0.3 is 9.47 Å². The third-order valence-electron chi connectivity index (χ3n) is 2.94. The van der Waals surface area contributed by atoms with Crippen LogP contribution in [-0.2, 0) is 9.53 Å². The van der Waals surface area contributed by atoms with Gasteiger partial charge in [0.1, 0.15) is 11.8 Å². The van der Waals surface area contributed by atoms with E-state index in [0.717, 1.165) is 18.4 Å². The first kappa shape index (κ1) is 13.2. The van der Waals surface area contributed by atoms with Crippen LogP contribution in [0.2, 0.25) is 5.02 Å². The Hall–Kier alpha value is -1.26. The van der Waals surface area contributed by atoms with Gasteiger partial charge in [0.05, 0.1) is 14.2 Å². The first-order valence-corrected chi connectivity index (χ1v) is 6.21. The predicted octanol–water partition coefficient (Wildman–Crippen LogP) is 2.31. The summed E-state index contributed by atoms with van der Waals surface area (Å²) in [5, 5.41) is 3.73. The average molecular weight is 270 g/mol. The number of ether oxygens (including phenoxy) is 2. The molecular weight excluding hydrogens is 254 g/mol. The fraction of sp³-hybridized carbons (Fsp3) is 0.462. The van der Waals surface area contributed by atoms with E-state index in [1.807, 2.05) is 0 Å². The molecule has 1 aliphatic rings. The molecule has 0 amide bonds. The summed E-state index contributed by atoms with van der Waals surface area (Å²) in [7, 11) is 2.95. The molecule has 0 aromatic heterocycles. The van der Waals surface area contributed by atoms with Crippen molar-refractivity contribution in [3.8, 4) is 5.75 Å². The number of halogens is 1. The number of nitrogens with one attached hydrogen (secondary N) is 1. The second kappa shape index (κ2) is 5.59. The zero-order chi connectivity index (χ0) is 13.1. The van der Waals surface area contributed by atoms with Gasteiger partial charge in [-0.2, -0.15) is 0 Å². The molecule has 0 aliphatic heterocycles. The molecule has 0 bridgehead atoms. The summed E-state index contributed by atoms with van der Waals surface area (Å²) < 4.78 is 9.90. The van der Waals surface area contributed by atoms with Gasteiger partial charge in [-0.05, 0) is 30.5 Å². The molecule has 1 fully saturated rings. The van der Waals surface area contributed by atoms with E-state index in [9.17, 15) is 4.79 Å². The highest BCUT2D eigenvalue weighted by Crippen LogP contribution is 2.31. The number of rotatable bonds is 5. The van der Waals surface area contributed by atoms with Gasteiger partial charge in [-0.1, -0.05) is 17.7 Å². The summed E-state index contributed by atoms with van der Waals surface area (Å²) in [6.07, 6.45) is 2.17. The zero-order valence-corrected chi connectivity index (χ0v) is 11.2. The average Bonchev–Trinajstić information content (AvgIpc) is 3.19. The summed E-state index contributed by atoms with van der Waals surface area (Å²) >= 11 is 6.18. The quantitative estimate of drug-likeness (QED) is 0.834. The Morgan fingerprint density at radius 1 is 1.44 bits per heavy atom. The van der Waals surface area contributed by atoms with Gasteiger partial charge in [-0.3, -0.25) is 5.32 Å². The zero-order valence-electron chi connectivity index (χ0n) is 10.4. The van der Waals surface area contributed by atoms with Crippen molar-refractivity contribution in [1.82, 2.24) is 5.32 Å². The molecule has 1 unspecified atom stereocenters. The minimum atomic E-state index is -0.513. The fourth-order valence-electron chi connectivity index (χ4n) is 1.76. The molecule has 1 aromatic carbocycles. The van der Waals surface area contributed by atoms with Crippen molar-refractivity contribution in [2.75, 3.05) is 14.2 Å². The minimum Gasteiger partial charge on any atom is -0.497 e. The number of benzene rings is 1. The monoisotopic (exact) mass is 269 g/mol. The summed E-state index contributed by atoms with van der Waals surface area (Å²) in [6, 6.07) is 5.14. The van der Waals surface area contributed by atoms with E-state index in [1.54, 1.807) is 25.3 Å². The molecular formula is C13H16ClNO3. The van der Waals surface area contributed by atoms with E-state index in [2.05, 4.69) is 5.32 Å². The maximum atomic E-state index is 11.8. The molecule has 1 aliphatic carbocycles. The van der Waals surface area contributed by atoms with E-state index in [4.69, 9.17) is 21.1 Å². The van der Waals surface area contributed by atoms with Crippen molar-refractivity contribution in [2.45, 2.75) is 24.9 Å². The molecule has 0 radical (unpaired) electrons. The smallest absolute Gasteiger partial charge is 0.327 e. The van der Waals surface area contributed by atoms with Crippen LogP contribution in [0.3, 0.4) is 0 Å². The SMILES string of the molecule is COC(=O)C(NC1CC1)c1ccc(OC)cc1Cl. The Bertz CT molecular complexity index is 446. The molecule has 0 spiro atoms. The van der Waals surface area contributed by atoms with E-state index in [1.165, 1.54) is 7.11 Å². The first-order chi connectivity index (χ1) is 8.65. The van der Waals surface area contributed by atoms with Crippen LogP contribution in [0.25, 0.3) is 0 Å². The third-order valence-corrected chi connectivity index (χ3v) is 3.26. The van der Waals surface area contributed by atoms with Crippen molar-refractivity contribution in [2.24, 2.45) is 0 Å². The van der Waals surface area contributed by atoms with E-state index in [0.29, 0.717) is 16.8 Å². The van der Waals surface area contributed by atoms with Crippen LogP contribution in [0.4, 0.5) is 0 Å². The summed E-state index contributed by atoms with van der Waals surface area (Å²) in [5.74, 6) is 0.341. The second-order valence-electron chi connectivity index (χ2n) is 4.28. The summed E-state index contributed by atoms with van der Waals surface area (Å²) in [4.78, 5) is 11.8. The van der Waals surface area contributed by atoms with Crippen LogP contribution in [0, 0.1) is 0 Å². The highest BCUT2D eigenvalue weighted by molar-refractivity contribution is 6.31. The lowest BCUT2D eigenvalue weighted by Crippen LogP contribution is -2.31. The standard InChI is InChI=1S/C13H16ClNO3/c1-17-9-5-6-10(11(14)7-9)12(13(16)18-2)15-8-3-4-8/h5-8,12,15H,3-4H2,1-2H3. The lowest BCUT2D eigenvalue weighted by atomic mass is 10.1. The van der Waals surface area contributed by atoms with Crippen molar-refractivity contribution in [1.29, 1.82) is 0 Å². The van der Waals surface area contributed by atoms with E-state index >= 15 is 0 Å². The summed E-state index contributed by atoms with van der Waals surface area (Å²) in [5.41, 5.74) is 0.719. The van der Waals surface area contributed by atoms with Crippen LogP contribution in [-0.4, -0.2) is 26.2 Å². The van der Waals surface area contributed by atoms with Crippen molar-refractivity contribution in [3.63, 3.8) is 0 Å². The van der Waals surface area contributed by atoms with Gasteiger partial charge in [0, 0.05) is 11.1 Å². The molecule has 0 saturated heterocycles. The highest BCUT2D eigenvalue weighted by Gasteiger charge is 2.31. The lowest BCUT2D eigenvalue weighted by Gasteiger charge is -2.18. The Balaban J connectivity index is 2.25. The first-order valence-electron chi connectivity index (χ1n) is 5.83. The molecule has 0 heterocycles. The van der Waals surface area contributed by atoms with Crippen molar-refractivity contribution >= 4 is 17.6 Å². The largest absolute Gasteiger partial charge is 0.497 e. The summed E-state index contributed by atoms with van der Waals surface area (Å²) in [6.45, 7) is 0. The van der Waals surface area contributed by atoms with E-state index in [-0.39, 0.29) is 5.97 Å². The van der Waals surface area contributed by atoms with Crippen LogP contribution >= 0.6 is 11.6 Å². The fourth-order valence-corrected chi connectivity index (χ4v) is 2.04. The lowest BCUT2D eigenvalue weighted by molar-refractivity contribution is -0.143. The Kier molecular flexibility index (Phi) is 4.09. The van der Waals surface area contributed by atoms with Crippen LogP contribution in [0.1, 0.15) is 24.4 Å². The van der Waals surface area contributed by atoms with Crippen LogP contribution in [0.15, 0.2) is 18.2 Å². The second-order valence-corrected chi connectivity index (χ2v) is 4.69. The maximum Gasteiger partial charge on any atom is 0.327 e. The van der Waals surface area contributed by atoms with Crippen LogP contribution < -0.4 is 10.1 Å². The molecule has 1 aromatic rings. The molecule has 2 rings (SSSR count). The number of esters is 1. The van der Waals surface area contributed by atoms with Gasteiger partial charge >= 0.3 is 5.97 Å². The number of methoxy groups -OCH3 is 2. The van der Waals surface area contributed by atoms with Crippen LogP contribution in [0.5, 0.6) is 5.75 Å². The van der Waals surface area contributed by atoms with Gasteiger partial charge in [0.2, 0.25) is 0 Å². The Morgan fingerprint density at radius 2 is 2.17 bits per heavy atom. The predicted molar refractivity (Wildman–Crippen MR) is 68.9 cm³/mol. The normalized spacial score (nSPS) is 16.2. The van der Waals surface area contributed by atoms with Crippen molar-refractivity contribution in [3.05, 3.63) is 28.8 Å². The number of hydrogen-bond acceptors (Lipinski definition) is 4. The number of carbonyl (C=O) groups is 1. The third kappa shape index (κ3) is 2.94. The maximum absolute atomic E-state index is 11.8. The molecule has 1 N–H and O–H groups in total. The molecule has 4 nitrogen and oxygen atoms in total. The topological polar surface area (TPSA) is 47.6 Å². The Morgan fingerprint density at radius 3 is 2.67 bits per heavy atom.